The van der Waals surface area contributed by atoms with E-state index in [1.54, 1.807) is 0 Å². The van der Waals surface area contributed by atoms with Crippen molar-refractivity contribution in [2.75, 3.05) is 0 Å². The van der Waals surface area contributed by atoms with Crippen molar-refractivity contribution in [3.8, 4) is 0 Å². The second kappa shape index (κ2) is 10.4. The third-order valence-corrected chi connectivity index (χ3v) is 5.58. The Morgan fingerprint density at radius 3 is 0.500 bits per heavy atom. The largest absolute Gasteiger partial charge is 0.385 e. The summed E-state index contributed by atoms with van der Waals surface area (Å²) in [6.07, 6.45) is -6.41. The summed E-state index contributed by atoms with van der Waals surface area (Å²) in [7, 11) is 0. The zero-order valence-corrected chi connectivity index (χ0v) is 19.9. The van der Waals surface area contributed by atoms with Crippen LogP contribution in [0.1, 0.15) is 6.92 Å². The minimum atomic E-state index is -9.96. The first-order chi connectivity index (χ1) is 19.2. The summed E-state index contributed by atoms with van der Waals surface area (Å²) in [5.74, 6) is -128. The van der Waals surface area contributed by atoms with Crippen LogP contribution in [0.3, 0.4) is 0 Å². The molecular weight excluding hydrogens is 762 g/mol. The van der Waals surface area contributed by atoms with Gasteiger partial charge in [-0.3, -0.25) is 0 Å². The molecule has 0 unspecified atom stereocenters. The first kappa shape index (κ1) is 43.9. The molecule has 0 aromatic heterocycles. The van der Waals surface area contributed by atoms with Crippen LogP contribution >= 0.6 is 0 Å². The number of halogens is 30. The Balaban J connectivity index is 7.57. The van der Waals surface area contributed by atoms with E-state index in [1.165, 1.54) is 0 Å². The van der Waals surface area contributed by atoms with Gasteiger partial charge < -0.3 is 0 Å². The lowest BCUT2D eigenvalue weighted by Gasteiger charge is -2.46. The summed E-state index contributed by atoms with van der Waals surface area (Å²) in [6.45, 7) is -1.62. The molecule has 0 aliphatic heterocycles. The van der Waals surface area contributed by atoms with Gasteiger partial charge in [0, 0.05) is 6.92 Å². The maximum absolute atomic E-state index is 13.7. The molecule has 0 spiro atoms. The SMILES string of the molecule is CC(F)(F)C(F)(F)C(F)(F)C(F)(F)C(F)(F)C(F)(F)C(F)(F)C(F)(F)C(F)(F)C(F)(F)C(F)(F)C(F)(F)C(F)(F)C(F)(F)C(F)F. The van der Waals surface area contributed by atoms with Crippen LogP contribution in [0.25, 0.3) is 0 Å². The normalized spacial score (nSPS) is 17.2. The number of alkyl halides is 30. The average Bonchev–Trinajstić information content (AvgIpc) is 2.81. The molecule has 0 rings (SSSR count). The lowest BCUT2D eigenvalue weighted by atomic mass is 9.83. The lowest BCUT2D eigenvalue weighted by molar-refractivity contribution is -0.485. The van der Waals surface area contributed by atoms with Crippen LogP contribution in [0.5, 0.6) is 0 Å². The average molecular weight is 766 g/mol. The zero-order chi connectivity index (χ0) is 38.6. The molecule has 0 fully saturated rings. The first-order valence-corrected chi connectivity index (χ1v) is 9.77. The van der Waals surface area contributed by atoms with Crippen molar-refractivity contribution < 1.29 is 132 Å². The molecule has 0 heterocycles. The molecule has 30 heteroatoms. The second-order valence-electron chi connectivity index (χ2n) is 8.70. The van der Waals surface area contributed by atoms with Gasteiger partial charge in [0.15, 0.2) is 0 Å². The van der Waals surface area contributed by atoms with Crippen LogP contribution in [0.15, 0.2) is 0 Å². The Kier molecular flexibility index (Phi) is 9.97. The van der Waals surface area contributed by atoms with E-state index >= 15 is 0 Å². The Hall–Kier alpha value is -2.10. The highest BCUT2D eigenvalue weighted by Gasteiger charge is 3.00. The predicted octanol–water partition coefficient (Wildman–Crippen LogP) is 10.2. The summed E-state index contributed by atoms with van der Waals surface area (Å²) in [5.41, 5.74) is 0. The second-order valence-corrected chi connectivity index (χ2v) is 8.70. The molecule has 46 heavy (non-hydrogen) atoms. The van der Waals surface area contributed by atoms with Gasteiger partial charge in [0.1, 0.15) is 0 Å². The summed E-state index contributed by atoms with van der Waals surface area (Å²) >= 11 is 0. The van der Waals surface area contributed by atoms with Crippen LogP contribution in [0, 0.1) is 0 Å². The molecule has 0 aromatic rings. The molecule has 0 aliphatic rings. The Labute approximate surface area is 229 Å². The monoisotopic (exact) mass is 766 g/mol. The van der Waals surface area contributed by atoms with Gasteiger partial charge in [-0.2, -0.15) is 123 Å². The fraction of sp³-hybridized carbons (Fsp3) is 1.00. The number of hydrogen-bond donors (Lipinski definition) is 0. The number of rotatable bonds is 14. The van der Waals surface area contributed by atoms with Gasteiger partial charge >= 0.3 is 89.3 Å². The smallest absolute Gasteiger partial charge is 0.203 e. The molecule has 0 bridgehead atoms. The van der Waals surface area contributed by atoms with Gasteiger partial charge in [0.25, 0.3) is 0 Å². The highest BCUT2D eigenvalue weighted by Crippen LogP contribution is 2.69. The van der Waals surface area contributed by atoms with E-state index in [9.17, 15) is 132 Å². The van der Waals surface area contributed by atoms with Crippen molar-refractivity contribution in [2.24, 2.45) is 0 Å². The van der Waals surface area contributed by atoms with Gasteiger partial charge in [-0.1, -0.05) is 0 Å². The first-order valence-electron chi connectivity index (χ1n) is 9.77. The van der Waals surface area contributed by atoms with Crippen molar-refractivity contribution in [1.29, 1.82) is 0 Å². The summed E-state index contributed by atoms with van der Waals surface area (Å²) in [6, 6.07) is 0. The van der Waals surface area contributed by atoms with E-state index in [4.69, 9.17) is 0 Å². The topological polar surface area (TPSA) is 0 Å². The van der Waals surface area contributed by atoms with E-state index in [-0.39, 0.29) is 0 Å². The standard InChI is InChI=1S/C16H4F30/c1-3(19,20)5(23,24)7(27,28)9(31,32)11(35,36)13(39,40)15(43,44)16(45,46)14(41,42)12(37,38)10(33,34)8(29,30)6(25,26)4(21,22)2(17)18/h2H,1H3. The molecular formula is C16H4F30. The van der Waals surface area contributed by atoms with Gasteiger partial charge in [-0.05, 0) is 0 Å². The van der Waals surface area contributed by atoms with Gasteiger partial charge in [-0.25, -0.2) is 8.78 Å². The molecule has 0 saturated carbocycles. The molecule has 278 valence electrons. The third-order valence-electron chi connectivity index (χ3n) is 5.58. The maximum Gasteiger partial charge on any atom is 0.385 e. The maximum atomic E-state index is 13.7. The van der Waals surface area contributed by atoms with E-state index < -0.39 is 96.3 Å². The van der Waals surface area contributed by atoms with Crippen LogP contribution in [0.2, 0.25) is 0 Å². The molecule has 0 atom stereocenters. The van der Waals surface area contributed by atoms with Crippen LogP contribution in [-0.2, 0) is 0 Å². The highest BCUT2D eigenvalue weighted by atomic mass is 19.4. The number of hydrogen-bond acceptors (Lipinski definition) is 0. The third kappa shape index (κ3) is 4.80. The molecule has 0 nitrogen and oxygen atoms in total. The van der Waals surface area contributed by atoms with Gasteiger partial charge in [-0.15, -0.1) is 0 Å². The Morgan fingerprint density at radius 1 is 0.239 bits per heavy atom. The quantitative estimate of drug-likeness (QED) is 0.155. The van der Waals surface area contributed by atoms with Crippen LogP contribution in [-0.4, -0.2) is 89.3 Å². The fourth-order valence-electron chi connectivity index (χ4n) is 2.59. The summed E-state index contributed by atoms with van der Waals surface area (Å²) < 4.78 is 397. The van der Waals surface area contributed by atoms with Crippen molar-refractivity contribution in [3.63, 3.8) is 0 Å². The molecule has 0 amide bonds. The molecule has 0 radical (unpaired) electrons. The molecule has 0 N–H and O–H groups in total. The van der Waals surface area contributed by atoms with Crippen LogP contribution in [0.4, 0.5) is 132 Å². The van der Waals surface area contributed by atoms with Crippen molar-refractivity contribution >= 4 is 0 Å². The van der Waals surface area contributed by atoms with Crippen molar-refractivity contribution in [3.05, 3.63) is 0 Å². The van der Waals surface area contributed by atoms with Gasteiger partial charge in [0.2, 0.25) is 0 Å². The molecule has 0 saturated heterocycles. The molecule has 0 aliphatic carbocycles. The van der Waals surface area contributed by atoms with E-state index in [0.717, 1.165) is 0 Å². The molecule has 0 aromatic carbocycles. The van der Waals surface area contributed by atoms with Crippen LogP contribution < -0.4 is 0 Å². The van der Waals surface area contributed by atoms with Crippen molar-refractivity contribution in [2.45, 2.75) is 96.3 Å². The van der Waals surface area contributed by atoms with E-state index in [1.807, 2.05) is 0 Å². The Bertz CT molecular complexity index is 1100. The lowest BCUT2D eigenvalue weighted by Crippen LogP contribution is -2.79. The van der Waals surface area contributed by atoms with E-state index in [0.29, 0.717) is 0 Å². The summed E-state index contributed by atoms with van der Waals surface area (Å²) in [5, 5.41) is 0. The minimum absolute atomic E-state index is 1.62. The fourth-order valence-corrected chi connectivity index (χ4v) is 2.59. The predicted molar refractivity (Wildman–Crippen MR) is 80.9 cm³/mol. The minimum Gasteiger partial charge on any atom is -0.203 e. The highest BCUT2D eigenvalue weighted by molar-refractivity contribution is 5.21. The van der Waals surface area contributed by atoms with Gasteiger partial charge in [0.05, 0.1) is 0 Å². The zero-order valence-electron chi connectivity index (χ0n) is 19.9. The Morgan fingerprint density at radius 2 is 0.370 bits per heavy atom. The van der Waals surface area contributed by atoms with E-state index in [2.05, 4.69) is 0 Å². The summed E-state index contributed by atoms with van der Waals surface area (Å²) in [4.78, 5) is 0. The van der Waals surface area contributed by atoms with Crippen molar-refractivity contribution in [1.82, 2.24) is 0 Å².